The lowest BCUT2D eigenvalue weighted by Crippen LogP contribution is -2.13. The van der Waals surface area contributed by atoms with E-state index in [1.807, 2.05) is 30.3 Å². The van der Waals surface area contributed by atoms with Crippen molar-refractivity contribution in [3.05, 3.63) is 95.8 Å². The van der Waals surface area contributed by atoms with E-state index in [1.165, 1.54) is 42.5 Å². The first-order chi connectivity index (χ1) is 13.6. The third kappa shape index (κ3) is 5.17. The van der Waals surface area contributed by atoms with E-state index < -0.39 is 17.8 Å². The largest absolute Gasteiger partial charge is 0.490 e. The zero-order valence-electron chi connectivity index (χ0n) is 14.8. The molecule has 0 saturated heterocycles. The van der Waals surface area contributed by atoms with E-state index in [9.17, 15) is 14.0 Å². The number of hydrogen-bond donors (Lipinski definition) is 0. The van der Waals surface area contributed by atoms with Crippen molar-refractivity contribution in [3.8, 4) is 11.5 Å². The Hall–Kier alpha value is -3.67. The molecule has 6 heteroatoms. The first-order valence-corrected chi connectivity index (χ1v) is 8.55. The van der Waals surface area contributed by atoms with E-state index in [2.05, 4.69) is 0 Å². The number of rotatable bonds is 7. The van der Waals surface area contributed by atoms with Crippen LogP contribution in [0.1, 0.15) is 20.7 Å². The van der Waals surface area contributed by atoms with E-state index in [0.717, 1.165) is 0 Å². The molecule has 0 bridgehead atoms. The molecule has 0 aromatic heterocycles. The van der Waals surface area contributed by atoms with Gasteiger partial charge in [-0.15, -0.1) is 0 Å². The lowest BCUT2D eigenvalue weighted by atomic mass is 10.2. The number of ether oxygens (including phenoxy) is 3. The molecule has 3 aromatic rings. The maximum atomic E-state index is 13.6. The number of esters is 2. The van der Waals surface area contributed by atoms with Crippen molar-refractivity contribution in [2.45, 2.75) is 0 Å². The molecule has 0 atom stereocenters. The molecule has 3 aromatic carbocycles. The fraction of sp³-hybridized carbons (Fsp3) is 0.0909. The highest BCUT2D eigenvalue weighted by molar-refractivity contribution is 5.92. The van der Waals surface area contributed by atoms with Gasteiger partial charge >= 0.3 is 11.9 Å². The summed E-state index contributed by atoms with van der Waals surface area (Å²) >= 11 is 0. The molecule has 28 heavy (non-hydrogen) atoms. The molecule has 0 amide bonds. The minimum atomic E-state index is -0.813. The predicted molar refractivity (Wildman–Crippen MR) is 100 cm³/mol. The Morgan fingerprint density at radius 3 is 2.11 bits per heavy atom. The minimum absolute atomic E-state index is 0.0950. The molecule has 0 unspecified atom stereocenters. The number of para-hydroxylation sites is 1. The summed E-state index contributed by atoms with van der Waals surface area (Å²) in [6.45, 7) is 0.325. The molecule has 0 spiro atoms. The van der Waals surface area contributed by atoms with Crippen molar-refractivity contribution in [2.24, 2.45) is 0 Å². The van der Waals surface area contributed by atoms with Crippen LogP contribution in [0, 0.1) is 5.82 Å². The first kappa shape index (κ1) is 19.1. The van der Waals surface area contributed by atoms with Gasteiger partial charge in [-0.25, -0.2) is 14.0 Å². The highest BCUT2D eigenvalue weighted by Gasteiger charge is 2.14. The van der Waals surface area contributed by atoms with Crippen LogP contribution in [0.4, 0.5) is 4.39 Å². The topological polar surface area (TPSA) is 61.8 Å². The standard InChI is InChI=1S/C22H17FO5/c23-20-9-5-4-8-19(20)22(25)28-18-12-10-16(11-13-18)21(24)27-15-14-26-17-6-2-1-3-7-17/h1-13H,14-15H2. The Morgan fingerprint density at radius 2 is 1.39 bits per heavy atom. The summed E-state index contributed by atoms with van der Waals surface area (Å²) in [6.07, 6.45) is 0. The lowest BCUT2D eigenvalue weighted by molar-refractivity contribution is 0.0450. The van der Waals surface area contributed by atoms with Gasteiger partial charge in [0, 0.05) is 0 Å². The number of hydrogen-bond acceptors (Lipinski definition) is 5. The fourth-order valence-corrected chi connectivity index (χ4v) is 2.34. The normalized spacial score (nSPS) is 10.2. The highest BCUT2D eigenvalue weighted by atomic mass is 19.1. The average Bonchev–Trinajstić information content (AvgIpc) is 2.72. The minimum Gasteiger partial charge on any atom is -0.490 e. The third-order valence-corrected chi connectivity index (χ3v) is 3.72. The summed E-state index contributed by atoms with van der Waals surface area (Å²) in [6, 6.07) is 20.5. The third-order valence-electron chi connectivity index (χ3n) is 3.72. The number of halogens is 1. The van der Waals surface area contributed by atoms with Gasteiger partial charge in [-0.2, -0.15) is 0 Å². The molecular weight excluding hydrogens is 363 g/mol. The number of carbonyl (C=O) groups excluding carboxylic acids is 2. The molecule has 0 aliphatic heterocycles. The van der Waals surface area contributed by atoms with Crippen molar-refractivity contribution < 1.29 is 28.2 Å². The summed E-state index contributed by atoms with van der Waals surface area (Å²) in [5.41, 5.74) is 0.134. The van der Waals surface area contributed by atoms with Crippen molar-refractivity contribution in [1.82, 2.24) is 0 Å². The summed E-state index contributed by atoms with van der Waals surface area (Å²) in [7, 11) is 0. The van der Waals surface area contributed by atoms with Crippen LogP contribution in [0.5, 0.6) is 11.5 Å². The Morgan fingerprint density at radius 1 is 0.714 bits per heavy atom. The molecule has 0 aliphatic carbocycles. The van der Waals surface area contributed by atoms with Crippen LogP contribution in [0.2, 0.25) is 0 Å². The molecule has 0 heterocycles. The van der Waals surface area contributed by atoms with E-state index in [0.29, 0.717) is 11.3 Å². The van der Waals surface area contributed by atoms with Crippen LogP contribution in [0.3, 0.4) is 0 Å². The van der Waals surface area contributed by atoms with E-state index in [-0.39, 0.29) is 24.5 Å². The van der Waals surface area contributed by atoms with Gasteiger partial charge in [-0.1, -0.05) is 30.3 Å². The second kappa shape index (κ2) is 9.32. The maximum absolute atomic E-state index is 13.6. The number of carbonyl (C=O) groups is 2. The Kier molecular flexibility index (Phi) is 6.36. The smallest absolute Gasteiger partial charge is 0.346 e. The molecule has 0 saturated carbocycles. The molecule has 142 valence electrons. The quantitative estimate of drug-likeness (QED) is 0.348. The van der Waals surface area contributed by atoms with Gasteiger partial charge in [0.05, 0.1) is 11.1 Å². The van der Waals surface area contributed by atoms with Crippen LogP contribution in [-0.2, 0) is 4.74 Å². The first-order valence-electron chi connectivity index (χ1n) is 8.55. The van der Waals surface area contributed by atoms with Crippen molar-refractivity contribution in [2.75, 3.05) is 13.2 Å². The van der Waals surface area contributed by atoms with E-state index in [1.54, 1.807) is 6.07 Å². The van der Waals surface area contributed by atoms with Gasteiger partial charge in [0.15, 0.2) is 0 Å². The van der Waals surface area contributed by atoms with Crippen LogP contribution >= 0.6 is 0 Å². The average molecular weight is 380 g/mol. The highest BCUT2D eigenvalue weighted by Crippen LogP contribution is 2.16. The molecule has 0 fully saturated rings. The Bertz CT molecular complexity index is 939. The zero-order chi connectivity index (χ0) is 19.8. The van der Waals surface area contributed by atoms with Gasteiger partial charge in [0.2, 0.25) is 0 Å². The Labute approximate surface area is 161 Å². The lowest BCUT2D eigenvalue weighted by Gasteiger charge is -2.08. The van der Waals surface area contributed by atoms with Gasteiger partial charge < -0.3 is 14.2 Å². The monoisotopic (exact) mass is 380 g/mol. The van der Waals surface area contributed by atoms with E-state index in [4.69, 9.17) is 14.2 Å². The Balaban J connectivity index is 1.48. The van der Waals surface area contributed by atoms with Crippen molar-refractivity contribution >= 4 is 11.9 Å². The molecule has 0 radical (unpaired) electrons. The second-order valence-corrected chi connectivity index (χ2v) is 5.69. The number of benzene rings is 3. The van der Waals surface area contributed by atoms with Crippen LogP contribution in [-0.4, -0.2) is 25.2 Å². The molecule has 0 N–H and O–H groups in total. The van der Waals surface area contributed by atoms with Gasteiger partial charge in [0.25, 0.3) is 0 Å². The predicted octanol–water partition coefficient (Wildman–Crippen LogP) is 4.28. The summed E-state index contributed by atoms with van der Waals surface area (Å²) in [5, 5.41) is 0. The summed E-state index contributed by atoms with van der Waals surface area (Å²) < 4.78 is 29.3. The zero-order valence-corrected chi connectivity index (χ0v) is 14.8. The van der Waals surface area contributed by atoms with E-state index >= 15 is 0 Å². The maximum Gasteiger partial charge on any atom is 0.346 e. The molecular formula is C22H17FO5. The van der Waals surface area contributed by atoms with Crippen molar-refractivity contribution in [1.29, 1.82) is 0 Å². The van der Waals surface area contributed by atoms with Crippen LogP contribution < -0.4 is 9.47 Å². The van der Waals surface area contributed by atoms with Gasteiger partial charge in [-0.05, 0) is 48.5 Å². The molecule has 0 aliphatic rings. The molecule has 5 nitrogen and oxygen atoms in total. The van der Waals surface area contributed by atoms with Crippen molar-refractivity contribution in [3.63, 3.8) is 0 Å². The second-order valence-electron chi connectivity index (χ2n) is 5.69. The van der Waals surface area contributed by atoms with Gasteiger partial charge in [-0.3, -0.25) is 0 Å². The van der Waals surface area contributed by atoms with Crippen LogP contribution in [0.25, 0.3) is 0 Å². The van der Waals surface area contributed by atoms with Gasteiger partial charge in [0.1, 0.15) is 30.5 Å². The summed E-state index contributed by atoms with van der Waals surface area (Å²) in [5.74, 6) is -1.11. The fourth-order valence-electron chi connectivity index (χ4n) is 2.34. The summed E-state index contributed by atoms with van der Waals surface area (Å²) in [4.78, 5) is 24.0. The van der Waals surface area contributed by atoms with Crippen LogP contribution in [0.15, 0.2) is 78.9 Å². The molecule has 3 rings (SSSR count). The SMILES string of the molecule is O=C(OCCOc1ccccc1)c1ccc(OC(=O)c2ccccc2F)cc1.